The van der Waals surface area contributed by atoms with Crippen molar-refractivity contribution in [2.24, 2.45) is 0 Å². The summed E-state index contributed by atoms with van der Waals surface area (Å²) in [6.07, 6.45) is 0.444. The second-order valence-corrected chi connectivity index (χ2v) is 4.27. The van der Waals surface area contributed by atoms with Gasteiger partial charge in [-0.1, -0.05) is 0 Å². The molecule has 0 aliphatic heterocycles. The summed E-state index contributed by atoms with van der Waals surface area (Å²) in [5.41, 5.74) is 6.07. The number of halogens is 3. The molecule has 20 heavy (non-hydrogen) atoms. The van der Waals surface area contributed by atoms with E-state index in [1.54, 1.807) is 30.6 Å². The number of aromatic nitrogens is 3. The summed E-state index contributed by atoms with van der Waals surface area (Å²) in [4.78, 5) is 3.98. The molecule has 1 aromatic carbocycles. The van der Waals surface area contributed by atoms with Crippen molar-refractivity contribution >= 4 is 16.5 Å². The van der Waals surface area contributed by atoms with Crippen LogP contribution < -0.4 is 5.73 Å². The minimum atomic E-state index is -4.42. The Kier molecular flexibility index (Phi) is 2.63. The Morgan fingerprint density at radius 3 is 2.55 bits per heavy atom. The monoisotopic (exact) mass is 278 g/mol. The summed E-state index contributed by atoms with van der Waals surface area (Å²) in [5, 5.41) is 5.13. The molecule has 0 radical (unpaired) electrons. The summed E-state index contributed by atoms with van der Waals surface area (Å²) in [7, 11) is 0. The van der Waals surface area contributed by atoms with Crippen molar-refractivity contribution < 1.29 is 13.2 Å². The van der Waals surface area contributed by atoms with E-state index in [-0.39, 0.29) is 0 Å². The van der Waals surface area contributed by atoms with Crippen molar-refractivity contribution in [1.82, 2.24) is 14.8 Å². The lowest BCUT2D eigenvalue weighted by atomic mass is 10.1. The topological polar surface area (TPSA) is 56.7 Å². The molecule has 2 N–H and O–H groups in total. The van der Waals surface area contributed by atoms with Crippen LogP contribution in [0.4, 0.5) is 18.9 Å². The smallest absolute Gasteiger partial charge is 0.398 e. The van der Waals surface area contributed by atoms with Gasteiger partial charge < -0.3 is 5.73 Å². The molecule has 102 valence electrons. The van der Waals surface area contributed by atoms with Gasteiger partial charge in [0, 0.05) is 35.1 Å². The van der Waals surface area contributed by atoms with Gasteiger partial charge >= 0.3 is 6.18 Å². The van der Waals surface area contributed by atoms with Crippen LogP contribution in [0, 0.1) is 0 Å². The molecular formula is C13H9F3N4. The van der Waals surface area contributed by atoms with E-state index in [0.717, 1.165) is 17.8 Å². The lowest BCUT2D eigenvalue weighted by molar-refractivity contribution is -0.137. The van der Waals surface area contributed by atoms with Gasteiger partial charge in [0.15, 0.2) is 0 Å². The molecule has 4 nitrogen and oxygen atoms in total. The Labute approximate surface area is 111 Å². The van der Waals surface area contributed by atoms with Gasteiger partial charge in [0.1, 0.15) is 0 Å². The zero-order valence-corrected chi connectivity index (χ0v) is 10.1. The quantitative estimate of drug-likeness (QED) is 0.696. The average molecular weight is 278 g/mol. The first kappa shape index (κ1) is 12.5. The summed E-state index contributed by atoms with van der Waals surface area (Å²) < 4.78 is 39.0. The molecule has 0 saturated heterocycles. The normalized spacial score (nSPS) is 11.9. The van der Waals surface area contributed by atoms with Crippen LogP contribution >= 0.6 is 0 Å². The molecule has 0 unspecified atom stereocenters. The number of nitrogens with two attached hydrogens (primary N) is 1. The zero-order valence-electron chi connectivity index (χ0n) is 10.1. The van der Waals surface area contributed by atoms with Crippen molar-refractivity contribution in [3.63, 3.8) is 0 Å². The average Bonchev–Trinajstić information content (AvgIpc) is 2.89. The minimum Gasteiger partial charge on any atom is -0.398 e. The number of hydrogen-bond donors (Lipinski definition) is 1. The van der Waals surface area contributed by atoms with Crippen LogP contribution in [0.2, 0.25) is 0 Å². The van der Waals surface area contributed by atoms with Gasteiger partial charge in [-0.2, -0.15) is 18.3 Å². The van der Waals surface area contributed by atoms with E-state index in [2.05, 4.69) is 10.1 Å². The third-order valence-corrected chi connectivity index (χ3v) is 2.99. The molecule has 0 aliphatic carbocycles. The second-order valence-electron chi connectivity index (χ2n) is 4.27. The van der Waals surface area contributed by atoms with Crippen LogP contribution in [0.5, 0.6) is 0 Å². The van der Waals surface area contributed by atoms with Crippen molar-refractivity contribution in [2.75, 3.05) is 5.73 Å². The zero-order chi connectivity index (χ0) is 14.3. The van der Waals surface area contributed by atoms with Crippen LogP contribution in [0.25, 0.3) is 16.5 Å². The van der Waals surface area contributed by atoms with Gasteiger partial charge in [-0.25, -0.2) is 4.68 Å². The molecule has 7 heteroatoms. The highest BCUT2D eigenvalue weighted by Crippen LogP contribution is 2.31. The maximum atomic E-state index is 12.6. The van der Waals surface area contributed by atoms with E-state index in [9.17, 15) is 13.2 Å². The number of rotatable bonds is 1. The molecule has 0 saturated carbocycles. The highest BCUT2D eigenvalue weighted by Gasteiger charge is 2.32. The van der Waals surface area contributed by atoms with Crippen molar-refractivity contribution in [3.05, 3.63) is 48.5 Å². The highest BCUT2D eigenvalue weighted by atomic mass is 19.4. The fraction of sp³-hybridized carbons (Fsp3) is 0.0769. The van der Waals surface area contributed by atoms with Crippen LogP contribution in [-0.4, -0.2) is 14.8 Å². The van der Waals surface area contributed by atoms with E-state index in [0.29, 0.717) is 16.8 Å². The number of pyridine rings is 1. The molecule has 0 amide bonds. The van der Waals surface area contributed by atoms with Crippen molar-refractivity contribution in [1.29, 1.82) is 0 Å². The molecule has 0 atom stereocenters. The van der Waals surface area contributed by atoms with Crippen molar-refractivity contribution in [3.8, 4) is 5.69 Å². The predicted octanol–water partition coefficient (Wildman–Crippen LogP) is 3.02. The number of benzene rings is 1. The Bertz CT molecular complexity index is 777. The summed E-state index contributed by atoms with van der Waals surface area (Å²) >= 11 is 0. The van der Waals surface area contributed by atoms with Crippen molar-refractivity contribution in [2.45, 2.75) is 6.18 Å². The Balaban J connectivity index is 2.20. The van der Waals surface area contributed by atoms with Crippen LogP contribution in [-0.2, 0) is 6.18 Å². The molecule has 0 spiro atoms. The van der Waals surface area contributed by atoms with Crippen LogP contribution in [0.1, 0.15) is 5.56 Å². The van der Waals surface area contributed by atoms with E-state index in [1.807, 2.05) is 0 Å². The van der Waals surface area contributed by atoms with E-state index < -0.39 is 11.7 Å². The van der Waals surface area contributed by atoms with Crippen LogP contribution in [0.3, 0.4) is 0 Å². The fourth-order valence-corrected chi connectivity index (χ4v) is 2.00. The first-order valence-corrected chi connectivity index (χ1v) is 5.71. The Hall–Kier alpha value is -2.57. The summed E-state index contributed by atoms with van der Waals surface area (Å²) in [6, 6.07) is 4.96. The molecule has 2 heterocycles. The molecule has 0 fully saturated rings. The lowest BCUT2D eigenvalue weighted by Crippen LogP contribution is -2.03. The lowest BCUT2D eigenvalue weighted by Gasteiger charge is -2.08. The minimum absolute atomic E-state index is 0.498. The van der Waals surface area contributed by atoms with E-state index in [4.69, 9.17) is 5.73 Å². The summed E-state index contributed by atoms with van der Waals surface area (Å²) in [5.74, 6) is 0. The Morgan fingerprint density at radius 2 is 1.85 bits per heavy atom. The van der Waals surface area contributed by atoms with E-state index in [1.165, 1.54) is 4.68 Å². The van der Waals surface area contributed by atoms with Gasteiger partial charge in [0.05, 0.1) is 17.4 Å². The number of nitrogens with zero attached hydrogens (tertiary/aromatic N) is 3. The number of fused-ring (bicyclic) bond motifs is 1. The molecule has 0 bridgehead atoms. The third-order valence-electron chi connectivity index (χ3n) is 2.99. The maximum Gasteiger partial charge on any atom is 0.419 e. The molecule has 2 aromatic heterocycles. The Morgan fingerprint density at radius 1 is 1.05 bits per heavy atom. The summed E-state index contributed by atoms with van der Waals surface area (Å²) in [6.45, 7) is 0. The number of nitrogen functional groups attached to an aromatic ring is 1. The fourth-order valence-electron chi connectivity index (χ4n) is 2.00. The number of anilines is 1. The van der Waals surface area contributed by atoms with Gasteiger partial charge in [-0.3, -0.25) is 4.98 Å². The third kappa shape index (κ3) is 1.97. The van der Waals surface area contributed by atoms with Gasteiger partial charge in [0.25, 0.3) is 0 Å². The SMILES string of the molecule is Nc1ccc(-n2cc(C(F)(F)F)cn2)c2cnccc12. The number of alkyl halides is 3. The number of hydrogen-bond acceptors (Lipinski definition) is 3. The standard InChI is InChI=1S/C13H9F3N4/c14-13(15,16)8-5-19-20(7-8)12-2-1-11(17)9-3-4-18-6-10(9)12/h1-7H,17H2. The predicted molar refractivity (Wildman–Crippen MR) is 68.3 cm³/mol. The molecule has 0 aliphatic rings. The second kappa shape index (κ2) is 4.22. The first-order chi connectivity index (χ1) is 9.47. The first-order valence-electron chi connectivity index (χ1n) is 5.71. The van der Waals surface area contributed by atoms with Crippen LogP contribution in [0.15, 0.2) is 43.0 Å². The van der Waals surface area contributed by atoms with Gasteiger partial charge in [0.2, 0.25) is 0 Å². The highest BCUT2D eigenvalue weighted by molar-refractivity contribution is 5.97. The molecule has 3 aromatic rings. The van der Waals surface area contributed by atoms with Gasteiger partial charge in [-0.15, -0.1) is 0 Å². The van der Waals surface area contributed by atoms with Gasteiger partial charge in [-0.05, 0) is 18.2 Å². The largest absolute Gasteiger partial charge is 0.419 e. The van der Waals surface area contributed by atoms with E-state index >= 15 is 0 Å². The molecule has 3 rings (SSSR count). The maximum absolute atomic E-state index is 12.6. The molecular weight excluding hydrogens is 269 g/mol.